The van der Waals surface area contributed by atoms with E-state index in [2.05, 4.69) is 13.8 Å². The van der Waals surface area contributed by atoms with Gasteiger partial charge < -0.3 is 5.11 Å². The van der Waals surface area contributed by atoms with Gasteiger partial charge in [-0.2, -0.15) is 0 Å². The third-order valence-electron chi connectivity index (χ3n) is 3.43. The molecule has 17 heavy (non-hydrogen) atoms. The largest absolute Gasteiger partial charge is 0.393 e. The maximum absolute atomic E-state index is 9.53. The monoisotopic (exact) mass is 241 g/mol. The highest BCUT2D eigenvalue weighted by atomic mass is 16.3. The van der Waals surface area contributed by atoms with E-state index >= 15 is 0 Å². The third-order valence-corrected chi connectivity index (χ3v) is 3.43. The van der Waals surface area contributed by atoms with Gasteiger partial charge in [0.05, 0.1) is 6.10 Å². The lowest BCUT2D eigenvalue weighted by Gasteiger charge is -2.08. The van der Waals surface area contributed by atoms with Crippen LogP contribution >= 0.6 is 0 Å². The first-order valence-electron chi connectivity index (χ1n) is 7.78. The van der Waals surface area contributed by atoms with E-state index in [1.807, 2.05) is 0 Å². The molecule has 1 unspecified atom stereocenters. The lowest BCUT2D eigenvalue weighted by Crippen LogP contribution is -2.04. The molecule has 1 nitrogen and oxygen atoms in total. The molecule has 0 aliphatic rings. The summed E-state index contributed by atoms with van der Waals surface area (Å²) in [5.74, 6) is 0. The molecule has 0 amide bonds. The van der Waals surface area contributed by atoms with E-state index in [9.17, 15) is 5.11 Å². The molecular formula is C16H33O. The van der Waals surface area contributed by atoms with Crippen molar-refractivity contribution in [3.05, 3.63) is 6.92 Å². The van der Waals surface area contributed by atoms with Crippen LogP contribution in [-0.2, 0) is 0 Å². The molecule has 1 radical (unpaired) electrons. The van der Waals surface area contributed by atoms with Crippen molar-refractivity contribution in [1.29, 1.82) is 0 Å². The Hall–Kier alpha value is -0.0400. The predicted molar refractivity (Wildman–Crippen MR) is 77.1 cm³/mol. The first kappa shape index (κ1) is 17.0. The van der Waals surface area contributed by atoms with Crippen LogP contribution in [0.15, 0.2) is 0 Å². The Labute approximate surface area is 109 Å². The first-order valence-corrected chi connectivity index (χ1v) is 7.78. The smallest absolute Gasteiger partial charge is 0.0540 e. The van der Waals surface area contributed by atoms with Gasteiger partial charge in [0, 0.05) is 0 Å². The fourth-order valence-electron chi connectivity index (χ4n) is 2.25. The van der Waals surface area contributed by atoms with Gasteiger partial charge in [0.15, 0.2) is 0 Å². The van der Waals surface area contributed by atoms with E-state index in [0.717, 1.165) is 19.3 Å². The molecule has 0 spiro atoms. The second-order valence-corrected chi connectivity index (χ2v) is 5.27. The van der Waals surface area contributed by atoms with Crippen LogP contribution in [0.1, 0.15) is 90.4 Å². The van der Waals surface area contributed by atoms with Gasteiger partial charge in [-0.3, -0.25) is 0 Å². The van der Waals surface area contributed by atoms with Crippen molar-refractivity contribution in [3.8, 4) is 0 Å². The Bertz CT molecular complexity index is 133. The topological polar surface area (TPSA) is 20.2 Å². The summed E-state index contributed by atoms with van der Waals surface area (Å²) in [6.07, 6.45) is 16.3. The van der Waals surface area contributed by atoms with Gasteiger partial charge in [0.2, 0.25) is 0 Å². The van der Waals surface area contributed by atoms with Crippen LogP contribution < -0.4 is 0 Å². The highest BCUT2D eigenvalue weighted by Crippen LogP contribution is 2.13. The zero-order chi connectivity index (χ0) is 12.8. The first-order chi connectivity index (χ1) is 8.31. The lowest BCUT2D eigenvalue weighted by atomic mass is 10.0. The van der Waals surface area contributed by atoms with Gasteiger partial charge in [-0.1, -0.05) is 84.5 Å². The van der Waals surface area contributed by atoms with Crippen molar-refractivity contribution in [2.45, 2.75) is 96.5 Å². The minimum Gasteiger partial charge on any atom is -0.393 e. The van der Waals surface area contributed by atoms with Crippen LogP contribution in [0, 0.1) is 6.92 Å². The highest BCUT2D eigenvalue weighted by Gasteiger charge is 2.01. The third kappa shape index (κ3) is 13.9. The molecule has 0 aliphatic heterocycles. The summed E-state index contributed by atoms with van der Waals surface area (Å²) < 4.78 is 0. The molecule has 0 rings (SSSR count). The summed E-state index contributed by atoms with van der Waals surface area (Å²) in [5.41, 5.74) is 0. The van der Waals surface area contributed by atoms with Crippen molar-refractivity contribution < 1.29 is 5.11 Å². The summed E-state index contributed by atoms with van der Waals surface area (Å²) >= 11 is 0. The van der Waals surface area contributed by atoms with E-state index in [4.69, 9.17) is 0 Å². The maximum atomic E-state index is 9.53. The number of rotatable bonds is 13. The molecule has 0 fully saturated rings. The van der Waals surface area contributed by atoms with Crippen molar-refractivity contribution >= 4 is 0 Å². The van der Waals surface area contributed by atoms with Gasteiger partial charge in [-0.25, -0.2) is 0 Å². The van der Waals surface area contributed by atoms with E-state index in [0.29, 0.717) is 0 Å². The van der Waals surface area contributed by atoms with Crippen LogP contribution in [0.5, 0.6) is 0 Å². The Kier molecular flexibility index (Phi) is 14.0. The fraction of sp³-hybridized carbons (Fsp3) is 0.938. The summed E-state index contributed by atoms with van der Waals surface area (Å²) in [6, 6.07) is 0. The fourth-order valence-corrected chi connectivity index (χ4v) is 2.25. The standard InChI is InChI=1S/C16H33O/c1-3-5-6-7-8-9-10-11-12-13-15-16(17)14-4-2/h16-17H,2-15H2,1H3. The zero-order valence-electron chi connectivity index (χ0n) is 11.9. The van der Waals surface area contributed by atoms with Gasteiger partial charge in [-0.05, 0) is 12.8 Å². The van der Waals surface area contributed by atoms with Gasteiger partial charge in [0.25, 0.3) is 0 Å². The maximum Gasteiger partial charge on any atom is 0.0540 e. The second kappa shape index (κ2) is 14.0. The molecule has 0 aromatic heterocycles. The Morgan fingerprint density at radius 2 is 1.24 bits per heavy atom. The lowest BCUT2D eigenvalue weighted by molar-refractivity contribution is 0.152. The second-order valence-electron chi connectivity index (χ2n) is 5.27. The minimum atomic E-state index is -0.0958. The summed E-state index contributed by atoms with van der Waals surface area (Å²) in [4.78, 5) is 0. The summed E-state index contributed by atoms with van der Waals surface area (Å²) in [6.45, 7) is 6.03. The van der Waals surface area contributed by atoms with Crippen molar-refractivity contribution in [1.82, 2.24) is 0 Å². The number of aliphatic hydroxyl groups is 1. The Morgan fingerprint density at radius 3 is 1.71 bits per heavy atom. The minimum absolute atomic E-state index is 0.0958. The van der Waals surface area contributed by atoms with Crippen molar-refractivity contribution in [2.75, 3.05) is 0 Å². The molecule has 1 atom stereocenters. The number of unbranched alkanes of at least 4 members (excludes halogenated alkanes) is 9. The molecule has 103 valence electrons. The summed E-state index contributed by atoms with van der Waals surface area (Å²) in [5, 5.41) is 9.53. The average Bonchev–Trinajstić information content (AvgIpc) is 2.32. The van der Waals surface area contributed by atoms with Gasteiger partial charge in [0.1, 0.15) is 0 Å². The molecule has 0 heterocycles. The van der Waals surface area contributed by atoms with Crippen LogP contribution in [-0.4, -0.2) is 11.2 Å². The molecule has 0 aromatic carbocycles. The average molecular weight is 241 g/mol. The van der Waals surface area contributed by atoms with Crippen LogP contribution in [0.3, 0.4) is 0 Å². The molecule has 0 aliphatic carbocycles. The molecule has 0 bridgehead atoms. The molecule has 0 saturated heterocycles. The number of aliphatic hydroxyl groups excluding tert-OH is 1. The summed E-state index contributed by atoms with van der Waals surface area (Å²) in [7, 11) is 0. The molecule has 1 N–H and O–H groups in total. The van der Waals surface area contributed by atoms with Gasteiger partial charge in [-0.15, -0.1) is 0 Å². The zero-order valence-corrected chi connectivity index (χ0v) is 11.9. The van der Waals surface area contributed by atoms with E-state index in [1.54, 1.807) is 0 Å². The highest BCUT2D eigenvalue weighted by molar-refractivity contribution is 4.57. The van der Waals surface area contributed by atoms with Crippen LogP contribution in [0.2, 0.25) is 0 Å². The molecular weight excluding hydrogens is 208 g/mol. The van der Waals surface area contributed by atoms with E-state index in [1.165, 1.54) is 64.2 Å². The van der Waals surface area contributed by atoms with Gasteiger partial charge >= 0.3 is 0 Å². The number of hydrogen-bond acceptors (Lipinski definition) is 1. The molecule has 0 saturated carbocycles. The van der Waals surface area contributed by atoms with Crippen molar-refractivity contribution in [2.24, 2.45) is 0 Å². The van der Waals surface area contributed by atoms with Crippen molar-refractivity contribution in [3.63, 3.8) is 0 Å². The van der Waals surface area contributed by atoms with E-state index < -0.39 is 0 Å². The predicted octanol–water partition coefficient (Wildman–Crippen LogP) is 5.27. The van der Waals surface area contributed by atoms with Crippen LogP contribution in [0.25, 0.3) is 0 Å². The molecule has 1 heteroatoms. The Balaban J connectivity index is 2.98. The van der Waals surface area contributed by atoms with E-state index in [-0.39, 0.29) is 6.10 Å². The quantitative estimate of drug-likeness (QED) is 0.435. The number of hydrogen-bond donors (Lipinski definition) is 1. The Morgan fingerprint density at radius 1 is 0.765 bits per heavy atom. The van der Waals surface area contributed by atoms with Crippen LogP contribution in [0.4, 0.5) is 0 Å². The molecule has 0 aromatic rings. The SMILES string of the molecule is [CH2]CCC(O)CCCCCCCCCCCC. The normalized spacial score (nSPS) is 12.9.